The average molecular weight is 318 g/mol. The van der Waals surface area contributed by atoms with Gasteiger partial charge in [0.1, 0.15) is 4.90 Å². The second kappa shape index (κ2) is 7.88. The average Bonchev–Trinajstić information content (AvgIpc) is 2.68. The number of aromatic nitrogens is 2. The molecule has 1 aromatic heterocycles. The lowest BCUT2D eigenvalue weighted by Gasteiger charge is -2.14. The van der Waals surface area contributed by atoms with Gasteiger partial charge in [-0.1, -0.05) is 0 Å². The molecule has 1 heterocycles. The van der Waals surface area contributed by atoms with Crippen LogP contribution in [-0.2, 0) is 21.3 Å². The predicted molar refractivity (Wildman–Crippen MR) is 81.9 cm³/mol. The molecule has 0 spiro atoms. The molecule has 122 valence electrons. The number of ether oxygens (including phenoxy) is 1. The summed E-state index contributed by atoms with van der Waals surface area (Å²) in [6, 6.07) is -0.186. The summed E-state index contributed by atoms with van der Waals surface area (Å²) < 4.78 is 34.4. The summed E-state index contributed by atoms with van der Waals surface area (Å²) in [4.78, 5) is 0.280. The summed E-state index contributed by atoms with van der Waals surface area (Å²) in [6.45, 7) is 7.22. The maximum absolute atomic E-state index is 12.5. The third-order valence-corrected chi connectivity index (χ3v) is 5.11. The molecule has 1 rings (SSSR count). The Balaban J connectivity index is 2.95. The lowest BCUT2D eigenvalue weighted by atomic mass is 10.3. The topological polar surface area (TPSA) is 85.2 Å². The fraction of sp³-hybridized carbons (Fsp3) is 0.769. The number of sulfonamides is 1. The van der Waals surface area contributed by atoms with Crippen molar-refractivity contribution in [2.45, 2.75) is 44.7 Å². The number of rotatable bonds is 9. The van der Waals surface area contributed by atoms with Crippen LogP contribution in [0, 0.1) is 13.8 Å². The van der Waals surface area contributed by atoms with E-state index in [9.17, 15) is 8.42 Å². The molecule has 21 heavy (non-hydrogen) atoms. The van der Waals surface area contributed by atoms with E-state index < -0.39 is 10.0 Å². The Morgan fingerprint density at radius 3 is 2.62 bits per heavy atom. The minimum absolute atomic E-state index is 0.186. The second-order valence-corrected chi connectivity index (χ2v) is 6.78. The van der Waals surface area contributed by atoms with Crippen LogP contribution in [-0.4, -0.2) is 51.5 Å². The largest absolute Gasteiger partial charge is 0.385 e. The van der Waals surface area contributed by atoms with E-state index in [4.69, 9.17) is 4.74 Å². The van der Waals surface area contributed by atoms with E-state index in [1.807, 2.05) is 14.0 Å². The Morgan fingerprint density at radius 2 is 2.05 bits per heavy atom. The summed E-state index contributed by atoms with van der Waals surface area (Å²) in [5, 5.41) is 7.34. The highest BCUT2D eigenvalue weighted by Gasteiger charge is 2.25. The highest BCUT2D eigenvalue weighted by molar-refractivity contribution is 7.89. The van der Waals surface area contributed by atoms with E-state index in [1.54, 1.807) is 25.6 Å². The van der Waals surface area contributed by atoms with Crippen molar-refractivity contribution in [3.05, 3.63) is 11.4 Å². The van der Waals surface area contributed by atoms with Gasteiger partial charge < -0.3 is 10.1 Å². The normalized spacial score (nSPS) is 13.6. The number of nitrogens with zero attached hydrogens (tertiary/aromatic N) is 2. The van der Waals surface area contributed by atoms with E-state index >= 15 is 0 Å². The SMILES string of the molecule is CNCCn1nc(C)c(S(=O)(=O)NC(C)CCOC)c1C. The smallest absolute Gasteiger partial charge is 0.244 e. The van der Waals surface area contributed by atoms with Gasteiger partial charge in [0.15, 0.2) is 0 Å². The standard InChI is InChI=1S/C13H26N4O3S/c1-10(6-9-20-5)16-21(18,19)13-11(2)15-17(12(13)3)8-7-14-4/h10,14,16H,6-9H2,1-5H3. The van der Waals surface area contributed by atoms with Crippen molar-refractivity contribution >= 4 is 10.0 Å². The van der Waals surface area contributed by atoms with Gasteiger partial charge >= 0.3 is 0 Å². The van der Waals surface area contributed by atoms with Gasteiger partial charge in [0.25, 0.3) is 0 Å². The van der Waals surface area contributed by atoms with E-state index in [2.05, 4.69) is 15.1 Å². The lowest BCUT2D eigenvalue weighted by Crippen LogP contribution is -2.34. The zero-order chi connectivity index (χ0) is 16.0. The van der Waals surface area contributed by atoms with Crippen molar-refractivity contribution in [3.63, 3.8) is 0 Å². The Bertz CT molecular complexity index is 554. The van der Waals surface area contributed by atoms with Gasteiger partial charge in [0.05, 0.1) is 17.9 Å². The van der Waals surface area contributed by atoms with Crippen molar-refractivity contribution in [2.24, 2.45) is 0 Å². The zero-order valence-electron chi connectivity index (χ0n) is 13.4. The molecule has 2 N–H and O–H groups in total. The highest BCUT2D eigenvalue weighted by atomic mass is 32.2. The number of hydrogen-bond acceptors (Lipinski definition) is 5. The molecule has 0 bridgehead atoms. The molecule has 0 radical (unpaired) electrons. The Labute approximate surface area is 127 Å². The summed E-state index contributed by atoms with van der Waals surface area (Å²) >= 11 is 0. The first-order valence-corrected chi connectivity index (χ1v) is 8.51. The van der Waals surface area contributed by atoms with Gasteiger partial charge in [0.2, 0.25) is 10.0 Å². The molecule has 0 saturated carbocycles. The van der Waals surface area contributed by atoms with Gasteiger partial charge in [-0.15, -0.1) is 0 Å². The lowest BCUT2D eigenvalue weighted by molar-refractivity contribution is 0.188. The molecule has 0 fully saturated rings. The van der Waals surface area contributed by atoms with Crippen molar-refractivity contribution in [3.8, 4) is 0 Å². The number of aryl methyl sites for hydroxylation is 1. The first kappa shape index (κ1) is 18.1. The molecule has 0 aliphatic carbocycles. The third-order valence-electron chi connectivity index (χ3n) is 3.27. The van der Waals surface area contributed by atoms with Crippen LogP contribution in [0.3, 0.4) is 0 Å². The van der Waals surface area contributed by atoms with Crippen LogP contribution in [0.25, 0.3) is 0 Å². The van der Waals surface area contributed by atoms with Crippen LogP contribution >= 0.6 is 0 Å². The molecule has 0 saturated heterocycles. The van der Waals surface area contributed by atoms with Crippen LogP contribution in [0.4, 0.5) is 0 Å². The Morgan fingerprint density at radius 1 is 1.38 bits per heavy atom. The number of hydrogen-bond donors (Lipinski definition) is 2. The molecular weight excluding hydrogens is 292 g/mol. The summed E-state index contributed by atoms with van der Waals surface area (Å²) in [5.41, 5.74) is 1.18. The van der Waals surface area contributed by atoms with Crippen LogP contribution in [0.15, 0.2) is 4.90 Å². The number of methoxy groups -OCH3 is 1. The van der Waals surface area contributed by atoms with Crippen molar-refractivity contribution in [2.75, 3.05) is 27.3 Å². The molecule has 8 heteroatoms. The Hall–Kier alpha value is -0.960. The highest BCUT2D eigenvalue weighted by Crippen LogP contribution is 2.19. The molecule has 0 aliphatic rings. The summed E-state index contributed by atoms with van der Waals surface area (Å²) in [7, 11) is -0.117. The van der Waals surface area contributed by atoms with Crippen molar-refractivity contribution < 1.29 is 13.2 Å². The van der Waals surface area contributed by atoms with Crippen molar-refractivity contribution in [1.82, 2.24) is 19.8 Å². The fourth-order valence-corrected chi connectivity index (χ4v) is 3.87. The maximum Gasteiger partial charge on any atom is 0.244 e. The van der Waals surface area contributed by atoms with E-state index in [0.29, 0.717) is 31.0 Å². The van der Waals surface area contributed by atoms with E-state index in [1.165, 1.54) is 0 Å². The van der Waals surface area contributed by atoms with E-state index in [0.717, 1.165) is 6.54 Å². The quantitative estimate of drug-likeness (QED) is 0.689. The van der Waals surface area contributed by atoms with Crippen LogP contribution < -0.4 is 10.0 Å². The van der Waals surface area contributed by atoms with Gasteiger partial charge in [-0.05, 0) is 34.2 Å². The molecule has 1 aromatic rings. The minimum Gasteiger partial charge on any atom is -0.385 e. The zero-order valence-corrected chi connectivity index (χ0v) is 14.2. The third kappa shape index (κ3) is 4.77. The van der Waals surface area contributed by atoms with Gasteiger partial charge in [-0.3, -0.25) is 4.68 Å². The number of likely N-dealkylation sites (N-methyl/N-ethyl adjacent to an activating group) is 1. The minimum atomic E-state index is -3.56. The number of nitrogens with one attached hydrogen (secondary N) is 2. The first-order chi connectivity index (χ1) is 9.83. The molecule has 0 aromatic carbocycles. The van der Waals surface area contributed by atoms with Gasteiger partial charge in [-0.25, -0.2) is 13.1 Å². The molecule has 0 aliphatic heterocycles. The Kier molecular flexibility index (Phi) is 6.79. The van der Waals surface area contributed by atoms with Crippen LogP contribution in [0.1, 0.15) is 24.7 Å². The van der Waals surface area contributed by atoms with Crippen LogP contribution in [0.5, 0.6) is 0 Å². The molecular formula is C13H26N4O3S. The molecule has 7 nitrogen and oxygen atoms in total. The molecule has 1 atom stereocenters. The van der Waals surface area contributed by atoms with Gasteiger partial charge in [0, 0.05) is 26.3 Å². The fourth-order valence-electron chi connectivity index (χ4n) is 2.18. The van der Waals surface area contributed by atoms with Crippen molar-refractivity contribution in [1.29, 1.82) is 0 Å². The maximum atomic E-state index is 12.5. The first-order valence-electron chi connectivity index (χ1n) is 7.03. The molecule has 0 amide bonds. The predicted octanol–water partition coefficient (Wildman–Crippen LogP) is 0.423. The summed E-state index contributed by atoms with van der Waals surface area (Å²) in [5.74, 6) is 0. The van der Waals surface area contributed by atoms with Gasteiger partial charge in [-0.2, -0.15) is 5.10 Å². The van der Waals surface area contributed by atoms with Crippen LogP contribution in [0.2, 0.25) is 0 Å². The second-order valence-electron chi connectivity index (χ2n) is 5.13. The summed E-state index contributed by atoms with van der Waals surface area (Å²) in [6.07, 6.45) is 0.627. The molecule has 1 unspecified atom stereocenters. The van der Waals surface area contributed by atoms with E-state index in [-0.39, 0.29) is 10.9 Å². The monoisotopic (exact) mass is 318 g/mol.